The van der Waals surface area contributed by atoms with Crippen LogP contribution in [0.1, 0.15) is 61.1 Å². The zero-order valence-electron chi connectivity index (χ0n) is 43.3. The molecule has 0 amide bonds. The van der Waals surface area contributed by atoms with Crippen molar-refractivity contribution in [3.05, 3.63) is 246 Å². The summed E-state index contributed by atoms with van der Waals surface area (Å²) in [7, 11) is 0. The Kier molecular flexibility index (Phi) is 9.65. The van der Waals surface area contributed by atoms with Gasteiger partial charge >= 0.3 is 0 Å². The molecule has 2 aliphatic carbocycles. The smallest absolute Gasteiger partial charge is 0.166 e. The van der Waals surface area contributed by atoms with Gasteiger partial charge < -0.3 is 9.13 Å². The lowest BCUT2D eigenvalue weighted by molar-refractivity contribution is 0.666. The monoisotopic (exact) mass is 997 g/mol. The molecule has 0 fully saturated rings. The van der Waals surface area contributed by atoms with Crippen molar-refractivity contribution in [1.29, 1.82) is 10.5 Å². The van der Waals surface area contributed by atoms with E-state index in [-0.39, 0.29) is 10.8 Å². The number of hydrogen-bond acceptors (Lipinski definition) is 5. The van der Waals surface area contributed by atoms with E-state index in [9.17, 15) is 10.5 Å². The summed E-state index contributed by atoms with van der Waals surface area (Å²) < 4.78 is 4.71. The maximum atomic E-state index is 10.7. The number of hydrogen-bond donors (Lipinski definition) is 0. The lowest BCUT2D eigenvalue weighted by Gasteiger charge is -2.23. The number of para-hydroxylation sites is 2. The zero-order chi connectivity index (χ0) is 52.6. The highest BCUT2D eigenvalue weighted by Gasteiger charge is 2.40. The van der Waals surface area contributed by atoms with Crippen LogP contribution in [0.25, 0.3) is 123 Å². The molecular formula is C71H47N7. The van der Waals surface area contributed by atoms with Crippen molar-refractivity contribution in [3.8, 4) is 91.1 Å². The Hall–Kier alpha value is -10.2. The second kappa shape index (κ2) is 16.6. The van der Waals surface area contributed by atoms with Gasteiger partial charge in [0, 0.05) is 49.1 Å². The van der Waals surface area contributed by atoms with E-state index in [1.54, 1.807) is 0 Å². The van der Waals surface area contributed by atoms with Crippen molar-refractivity contribution in [3.63, 3.8) is 0 Å². The predicted octanol–water partition coefficient (Wildman–Crippen LogP) is 17.1. The molecule has 3 heterocycles. The fraction of sp³-hybridized carbons (Fsp3) is 0.0845. The van der Waals surface area contributed by atoms with E-state index < -0.39 is 0 Å². The Morgan fingerprint density at radius 3 is 1.35 bits per heavy atom. The molecule has 3 aromatic heterocycles. The molecule has 7 nitrogen and oxygen atoms in total. The minimum atomic E-state index is -0.261. The molecule has 0 radical (unpaired) electrons. The van der Waals surface area contributed by atoms with E-state index in [1.165, 1.54) is 55.3 Å². The van der Waals surface area contributed by atoms with Gasteiger partial charge in [-0.05, 0) is 122 Å². The van der Waals surface area contributed by atoms with Crippen molar-refractivity contribution < 1.29 is 0 Å². The minimum Gasteiger partial charge on any atom is -0.308 e. The second-order valence-corrected chi connectivity index (χ2v) is 21.7. The van der Waals surface area contributed by atoms with Gasteiger partial charge in [-0.3, -0.25) is 0 Å². The first-order chi connectivity index (χ1) is 38.1. The second-order valence-electron chi connectivity index (χ2n) is 21.7. The van der Waals surface area contributed by atoms with Crippen molar-refractivity contribution in [2.24, 2.45) is 0 Å². The third-order valence-corrected chi connectivity index (χ3v) is 16.8. The van der Waals surface area contributed by atoms with Gasteiger partial charge in [0.2, 0.25) is 0 Å². The Morgan fingerprint density at radius 1 is 0.346 bits per heavy atom. The molecule has 2 aliphatic rings. The molecule has 0 saturated carbocycles. The van der Waals surface area contributed by atoms with Gasteiger partial charge in [0.15, 0.2) is 17.5 Å². The fourth-order valence-electron chi connectivity index (χ4n) is 13.3. The third-order valence-electron chi connectivity index (χ3n) is 16.8. The van der Waals surface area contributed by atoms with Crippen LogP contribution in [-0.2, 0) is 10.8 Å². The highest BCUT2D eigenvalue weighted by atomic mass is 15.1. The SMILES string of the molecule is CC1(C)c2ccccc2-c2ccc3c(c21)c1ccccc1n3-c1ccc(C#N)cc1-c1nc(-c2ccccc2)nc(-c2cc(-c3ccc(C#N)cc3)ccc2-n2c3ccccc3c3c4c(ccc32)-c2ccccc2C4(C)C)n1. The minimum absolute atomic E-state index is 0.260. The van der Waals surface area contributed by atoms with Gasteiger partial charge in [0.25, 0.3) is 0 Å². The van der Waals surface area contributed by atoms with Gasteiger partial charge in [0.05, 0.1) is 56.7 Å². The highest BCUT2D eigenvalue weighted by molar-refractivity contribution is 6.16. The number of nitrogens with zero attached hydrogens (tertiary/aromatic N) is 7. The van der Waals surface area contributed by atoms with Crippen molar-refractivity contribution >= 4 is 43.6 Å². The molecule has 78 heavy (non-hydrogen) atoms. The summed E-state index contributed by atoms with van der Waals surface area (Å²) in [6.07, 6.45) is 0. The average Bonchev–Trinajstić information content (AvgIpc) is 4.37. The van der Waals surface area contributed by atoms with Crippen LogP contribution in [0, 0.1) is 22.7 Å². The van der Waals surface area contributed by atoms with Crippen LogP contribution in [0.4, 0.5) is 0 Å². The first kappa shape index (κ1) is 45.2. The van der Waals surface area contributed by atoms with Crippen LogP contribution < -0.4 is 0 Å². The zero-order valence-corrected chi connectivity index (χ0v) is 43.3. The number of benzene rings is 10. The molecule has 13 aromatic rings. The molecule has 15 rings (SSSR count). The van der Waals surface area contributed by atoms with Crippen LogP contribution in [0.2, 0.25) is 0 Å². The van der Waals surface area contributed by atoms with E-state index in [2.05, 4.69) is 188 Å². The lowest BCUT2D eigenvalue weighted by atomic mass is 9.80. The van der Waals surface area contributed by atoms with Crippen LogP contribution in [-0.4, -0.2) is 24.1 Å². The Balaban J connectivity index is 1.02. The molecule has 7 heteroatoms. The molecule has 0 aliphatic heterocycles. The van der Waals surface area contributed by atoms with Gasteiger partial charge in [-0.1, -0.05) is 173 Å². The number of fused-ring (bicyclic) bond motifs is 14. The summed E-state index contributed by atoms with van der Waals surface area (Å²) in [6, 6.07) is 79.0. The quantitative estimate of drug-likeness (QED) is 0.165. The molecule has 366 valence electrons. The maximum Gasteiger partial charge on any atom is 0.166 e. The van der Waals surface area contributed by atoms with Crippen LogP contribution in [0.15, 0.2) is 212 Å². The fourth-order valence-corrected chi connectivity index (χ4v) is 13.3. The topological polar surface area (TPSA) is 96.1 Å². The van der Waals surface area contributed by atoms with E-state index in [0.717, 1.165) is 66.5 Å². The van der Waals surface area contributed by atoms with Crippen LogP contribution >= 0.6 is 0 Å². The van der Waals surface area contributed by atoms with Crippen molar-refractivity contribution in [1.82, 2.24) is 24.1 Å². The summed E-state index contributed by atoms with van der Waals surface area (Å²) in [5.74, 6) is 1.40. The Bertz CT molecular complexity index is 4810. The summed E-state index contributed by atoms with van der Waals surface area (Å²) in [5.41, 5.74) is 21.0. The van der Waals surface area contributed by atoms with Crippen molar-refractivity contribution in [2.75, 3.05) is 0 Å². The van der Waals surface area contributed by atoms with Gasteiger partial charge in [-0.25, -0.2) is 15.0 Å². The first-order valence-electron chi connectivity index (χ1n) is 26.5. The van der Waals surface area contributed by atoms with E-state index in [0.29, 0.717) is 34.2 Å². The summed E-state index contributed by atoms with van der Waals surface area (Å²) in [4.78, 5) is 16.5. The molecule has 0 atom stereocenters. The van der Waals surface area contributed by atoms with Gasteiger partial charge in [-0.15, -0.1) is 0 Å². The summed E-state index contributed by atoms with van der Waals surface area (Å²) >= 11 is 0. The lowest BCUT2D eigenvalue weighted by Crippen LogP contribution is -2.15. The molecule has 0 bridgehead atoms. The van der Waals surface area contributed by atoms with E-state index in [1.807, 2.05) is 72.8 Å². The predicted molar refractivity (Wildman–Crippen MR) is 315 cm³/mol. The number of aromatic nitrogens is 5. The van der Waals surface area contributed by atoms with Gasteiger partial charge in [0.1, 0.15) is 0 Å². The molecule has 10 aromatic carbocycles. The highest BCUT2D eigenvalue weighted by Crippen LogP contribution is 2.55. The standard InChI is InChI=1S/C71H47N7/c1-70(2)55-22-12-8-18-47(55)49-32-36-61-63(65(49)70)51-20-10-14-24-57(51)77(61)59-34-28-43(41-73)38-53(59)68-74-67(45-16-6-5-7-17-45)75-69(76-68)54-39-46(44-29-26-42(40-72)27-30-44)31-35-60(54)78-58-25-15-11-21-52(58)64-62(78)37-33-50-48-19-9-13-23-56(48)71(3,4)66(50)64/h5-39H,1-4H3. The largest absolute Gasteiger partial charge is 0.308 e. The van der Waals surface area contributed by atoms with Crippen LogP contribution in [0.5, 0.6) is 0 Å². The molecule has 0 saturated heterocycles. The van der Waals surface area contributed by atoms with E-state index >= 15 is 0 Å². The molecule has 0 N–H and O–H groups in total. The molecular weight excluding hydrogens is 951 g/mol. The summed E-state index contributed by atoms with van der Waals surface area (Å²) in [6.45, 7) is 9.37. The molecule has 0 unspecified atom stereocenters. The maximum absolute atomic E-state index is 10.7. The van der Waals surface area contributed by atoms with Crippen LogP contribution in [0.3, 0.4) is 0 Å². The number of rotatable bonds is 6. The third kappa shape index (κ3) is 6.40. The molecule has 0 spiro atoms. The average molecular weight is 998 g/mol. The Morgan fingerprint density at radius 2 is 0.795 bits per heavy atom. The summed E-state index contributed by atoms with van der Waals surface area (Å²) in [5, 5.41) is 25.2. The number of nitriles is 2. The Labute approximate surface area is 451 Å². The van der Waals surface area contributed by atoms with E-state index in [4.69, 9.17) is 15.0 Å². The normalized spacial score (nSPS) is 13.6. The first-order valence-corrected chi connectivity index (χ1v) is 26.5. The van der Waals surface area contributed by atoms with Gasteiger partial charge in [-0.2, -0.15) is 10.5 Å². The van der Waals surface area contributed by atoms with Crippen molar-refractivity contribution in [2.45, 2.75) is 38.5 Å².